The minimum atomic E-state index is -0.161. The SMILES string of the molecule is NC(=O)C1CCN(Cc2ccc3c(c2)CN(Cc2cccn2-c2cccnc2)CCO3)CC1. The summed E-state index contributed by atoms with van der Waals surface area (Å²) in [6, 6.07) is 14.9. The molecule has 7 nitrogen and oxygen atoms in total. The Bertz CT molecular complexity index is 1090. The predicted molar refractivity (Wildman–Crippen MR) is 127 cm³/mol. The number of aromatic nitrogens is 2. The molecule has 0 unspecified atom stereocenters. The van der Waals surface area contributed by atoms with E-state index in [4.69, 9.17) is 10.5 Å². The first-order chi connectivity index (χ1) is 16.2. The van der Waals surface area contributed by atoms with Gasteiger partial charge in [0.05, 0.1) is 11.9 Å². The molecule has 4 heterocycles. The van der Waals surface area contributed by atoms with Gasteiger partial charge in [0.15, 0.2) is 0 Å². The number of nitrogens with zero attached hydrogens (tertiary/aromatic N) is 4. The zero-order valence-electron chi connectivity index (χ0n) is 18.9. The number of nitrogens with two attached hydrogens (primary N) is 1. The Labute approximate surface area is 194 Å². The minimum Gasteiger partial charge on any atom is -0.492 e. The van der Waals surface area contributed by atoms with Gasteiger partial charge in [-0.2, -0.15) is 0 Å². The van der Waals surface area contributed by atoms with Gasteiger partial charge in [-0.3, -0.25) is 19.6 Å². The van der Waals surface area contributed by atoms with Gasteiger partial charge in [0.25, 0.3) is 0 Å². The van der Waals surface area contributed by atoms with Gasteiger partial charge >= 0.3 is 0 Å². The fourth-order valence-corrected chi connectivity index (χ4v) is 4.89. The van der Waals surface area contributed by atoms with Crippen LogP contribution >= 0.6 is 0 Å². The maximum Gasteiger partial charge on any atom is 0.220 e. The number of benzene rings is 1. The van der Waals surface area contributed by atoms with Crippen LogP contribution in [0.2, 0.25) is 0 Å². The van der Waals surface area contributed by atoms with Crippen LogP contribution in [0.25, 0.3) is 5.69 Å². The van der Waals surface area contributed by atoms with E-state index < -0.39 is 0 Å². The summed E-state index contributed by atoms with van der Waals surface area (Å²) in [4.78, 5) is 20.6. The number of fused-ring (bicyclic) bond motifs is 1. The van der Waals surface area contributed by atoms with Crippen molar-refractivity contribution in [1.29, 1.82) is 0 Å². The first-order valence-corrected chi connectivity index (χ1v) is 11.7. The Morgan fingerprint density at radius 1 is 1.06 bits per heavy atom. The summed E-state index contributed by atoms with van der Waals surface area (Å²) in [6.07, 6.45) is 7.49. The smallest absolute Gasteiger partial charge is 0.220 e. The Morgan fingerprint density at radius 3 is 2.73 bits per heavy atom. The highest BCUT2D eigenvalue weighted by atomic mass is 16.5. The molecule has 2 N–H and O–H groups in total. The second-order valence-corrected chi connectivity index (χ2v) is 9.03. The normalized spacial score (nSPS) is 17.8. The van der Waals surface area contributed by atoms with E-state index in [1.807, 2.05) is 12.3 Å². The lowest BCUT2D eigenvalue weighted by atomic mass is 9.96. The number of primary amides is 1. The van der Waals surface area contributed by atoms with Crippen LogP contribution in [0, 0.1) is 5.92 Å². The van der Waals surface area contributed by atoms with Gasteiger partial charge < -0.3 is 15.0 Å². The maximum atomic E-state index is 11.4. The van der Waals surface area contributed by atoms with E-state index in [0.29, 0.717) is 6.61 Å². The van der Waals surface area contributed by atoms with Crippen molar-refractivity contribution in [3.63, 3.8) is 0 Å². The van der Waals surface area contributed by atoms with Crippen molar-refractivity contribution in [3.05, 3.63) is 77.9 Å². The first-order valence-electron chi connectivity index (χ1n) is 11.7. The molecular weight excluding hydrogens is 414 g/mol. The number of carbonyl (C=O) groups is 1. The molecule has 2 aromatic heterocycles. The van der Waals surface area contributed by atoms with Crippen molar-refractivity contribution in [2.45, 2.75) is 32.5 Å². The number of ether oxygens (including phenoxy) is 1. The monoisotopic (exact) mass is 445 g/mol. The van der Waals surface area contributed by atoms with Crippen LogP contribution in [0.5, 0.6) is 5.75 Å². The maximum absolute atomic E-state index is 11.4. The number of hydrogen-bond donors (Lipinski definition) is 1. The van der Waals surface area contributed by atoms with Crippen LogP contribution < -0.4 is 10.5 Å². The molecule has 0 bridgehead atoms. The van der Waals surface area contributed by atoms with Gasteiger partial charge in [0.2, 0.25) is 5.91 Å². The lowest BCUT2D eigenvalue weighted by Gasteiger charge is -2.30. The van der Waals surface area contributed by atoms with E-state index in [9.17, 15) is 4.79 Å². The highest BCUT2D eigenvalue weighted by Crippen LogP contribution is 2.27. The van der Waals surface area contributed by atoms with Gasteiger partial charge in [-0.25, -0.2) is 0 Å². The zero-order chi connectivity index (χ0) is 22.6. The van der Waals surface area contributed by atoms with Crippen molar-refractivity contribution < 1.29 is 9.53 Å². The molecule has 0 aliphatic carbocycles. The average molecular weight is 446 g/mol. The second-order valence-electron chi connectivity index (χ2n) is 9.03. The number of amides is 1. The third-order valence-electron chi connectivity index (χ3n) is 6.72. The molecule has 0 atom stereocenters. The first kappa shape index (κ1) is 21.7. The molecule has 2 aliphatic rings. The van der Waals surface area contributed by atoms with Gasteiger partial charge in [0, 0.05) is 55.7 Å². The molecule has 1 amide bonds. The highest BCUT2D eigenvalue weighted by molar-refractivity contribution is 5.76. The predicted octanol–water partition coefficient (Wildman–Crippen LogP) is 2.96. The van der Waals surface area contributed by atoms with Crippen LogP contribution in [-0.4, -0.2) is 51.5 Å². The minimum absolute atomic E-state index is 0.0286. The number of carbonyl (C=O) groups excluding carboxylic acids is 1. The summed E-state index contributed by atoms with van der Waals surface area (Å²) in [5.74, 6) is 0.851. The molecule has 0 radical (unpaired) electrons. The number of hydrogen-bond acceptors (Lipinski definition) is 5. The van der Waals surface area contributed by atoms with Crippen LogP contribution in [0.4, 0.5) is 0 Å². The molecule has 2 aliphatic heterocycles. The second kappa shape index (κ2) is 9.77. The van der Waals surface area contributed by atoms with Gasteiger partial charge in [-0.1, -0.05) is 6.07 Å². The number of piperidine rings is 1. The topological polar surface area (TPSA) is 76.6 Å². The summed E-state index contributed by atoms with van der Waals surface area (Å²) < 4.78 is 8.27. The summed E-state index contributed by atoms with van der Waals surface area (Å²) in [7, 11) is 0. The van der Waals surface area contributed by atoms with E-state index in [2.05, 4.69) is 61.9 Å². The largest absolute Gasteiger partial charge is 0.492 e. The Kier molecular flexibility index (Phi) is 6.41. The molecule has 0 spiro atoms. The Hall–Kier alpha value is -3.16. The molecule has 0 saturated carbocycles. The lowest BCUT2D eigenvalue weighted by Crippen LogP contribution is -2.38. The average Bonchev–Trinajstić information content (AvgIpc) is 3.19. The molecule has 33 heavy (non-hydrogen) atoms. The standard InChI is InChI=1S/C26H31N5O2/c27-26(32)21-7-11-29(12-8-21)17-20-5-6-25-22(15-20)18-30(13-14-33-25)19-24-4-2-10-31(24)23-3-1-9-28-16-23/h1-6,9-10,15-16,21H,7-8,11-14,17-19H2,(H2,27,32). The fraction of sp³-hybridized carbons (Fsp3) is 0.385. The van der Waals surface area contributed by atoms with Crippen LogP contribution in [0.15, 0.2) is 61.1 Å². The lowest BCUT2D eigenvalue weighted by molar-refractivity contribution is -0.123. The molecule has 1 aromatic carbocycles. The fourth-order valence-electron chi connectivity index (χ4n) is 4.89. The summed E-state index contributed by atoms with van der Waals surface area (Å²) >= 11 is 0. The van der Waals surface area contributed by atoms with E-state index in [1.54, 1.807) is 6.20 Å². The van der Waals surface area contributed by atoms with Gasteiger partial charge in [-0.05, 0) is 67.9 Å². The molecule has 1 fully saturated rings. The van der Waals surface area contributed by atoms with Crippen molar-refractivity contribution in [2.24, 2.45) is 11.7 Å². The van der Waals surface area contributed by atoms with Crippen molar-refractivity contribution in [1.82, 2.24) is 19.4 Å². The van der Waals surface area contributed by atoms with E-state index in [0.717, 1.165) is 63.5 Å². The van der Waals surface area contributed by atoms with Crippen LogP contribution in [-0.2, 0) is 24.4 Å². The van der Waals surface area contributed by atoms with E-state index >= 15 is 0 Å². The molecule has 172 valence electrons. The summed E-state index contributed by atoms with van der Waals surface area (Å²) in [6.45, 7) is 5.98. The van der Waals surface area contributed by atoms with Crippen molar-refractivity contribution in [2.75, 3.05) is 26.2 Å². The zero-order valence-corrected chi connectivity index (χ0v) is 18.9. The van der Waals surface area contributed by atoms with E-state index in [1.165, 1.54) is 16.8 Å². The molecule has 1 saturated heterocycles. The highest BCUT2D eigenvalue weighted by Gasteiger charge is 2.23. The summed E-state index contributed by atoms with van der Waals surface area (Å²) in [5, 5.41) is 0. The van der Waals surface area contributed by atoms with Crippen LogP contribution in [0.1, 0.15) is 29.7 Å². The van der Waals surface area contributed by atoms with Crippen molar-refractivity contribution in [3.8, 4) is 11.4 Å². The molecule has 3 aromatic rings. The van der Waals surface area contributed by atoms with Crippen molar-refractivity contribution >= 4 is 5.91 Å². The summed E-state index contributed by atoms with van der Waals surface area (Å²) in [5.41, 5.74) is 10.3. The third kappa shape index (κ3) is 5.10. The number of likely N-dealkylation sites (tertiary alicyclic amines) is 1. The third-order valence-corrected chi connectivity index (χ3v) is 6.72. The quantitative estimate of drug-likeness (QED) is 0.631. The van der Waals surface area contributed by atoms with Gasteiger partial charge in [-0.15, -0.1) is 0 Å². The van der Waals surface area contributed by atoms with Gasteiger partial charge in [0.1, 0.15) is 12.4 Å². The Balaban J connectivity index is 1.26. The Morgan fingerprint density at radius 2 is 1.94 bits per heavy atom. The molecule has 5 rings (SSSR count). The van der Waals surface area contributed by atoms with Crippen LogP contribution in [0.3, 0.4) is 0 Å². The number of rotatable bonds is 6. The molecule has 7 heteroatoms. The number of pyridine rings is 1. The molecular formula is C26H31N5O2. The van der Waals surface area contributed by atoms with E-state index in [-0.39, 0.29) is 11.8 Å².